The SMILES string of the molecule is COc1cccc(C(=O)N2CCCN(C(=O)c3ccc(C(C)(C)C)cc3)C2C(=O)NC2CCC(N)CC2)c1. The molecule has 1 unspecified atom stereocenters. The summed E-state index contributed by atoms with van der Waals surface area (Å²) in [6.07, 6.45) is 2.77. The van der Waals surface area contributed by atoms with Gasteiger partial charge < -0.3 is 25.6 Å². The molecule has 4 rings (SSSR count). The van der Waals surface area contributed by atoms with Gasteiger partial charge in [0.2, 0.25) is 0 Å². The van der Waals surface area contributed by atoms with E-state index in [1.165, 1.54) is 9.80 Å². The van der Waals surface area contributed by atoms with Crippen LogP contribution in [0.2, 0.25) is 0 Å². The number of carbonyl (C=O) groups is 3. The fourth-order valence-corrected chi connectivity index (χ4v) is 5.27. The van der Waals surface area contributed by atoms with Crippen LogP contribution in [0, 0.1) is 0 Å². The molecule has 0 radical (unpaired) electrons. The normalized spacial score (nSPS) is 22.1. The Bertz CT molecular complexity index is 1150. The van der Waals surface area contributed by atoms with Gasteiger partial charge in [-0.3, -0.25) is 14.4 Å². The molecule has 1 saturated carbocycles. The largest absolute Gasteiger partial charge is 0.497 e. The van der Waals surface area contributed by atoms with Gasteiger partial charge in [0.05, 0.1) is 7.11 Å². The lowest BCUT2D eigenvalue weighted by atomic mass is 9.86. The number of benzene rings is 2. The van der Waals surface area contributed by atoms with E-state index in [2.05, 4.69) is 26.1 Å². The molecule has 1 saturated heterocycles. The smallest absolute Gasteiger partial charge is 0.264 e. The van der Waals surface area contributed by atoms with Crippen LogP contribution in [-0.4, -0.2) is 66.0 Å². The number of nitrogens with zero attached hydrogens (tertiary/aromatic N) is 2. The molecule has 0 aromatic heterocycles. The number of ether oxygens (including phenoxy) is 1. The first-order valence-electron chi connectivity index (χ1n) is 13.5. The minimum absolute atomic E-state index is 0.0268. The van der Waals surface area contributed by atoms with Crippen LogP contribution in [0.5, 0.6) is 5.75 Å². The number of methoxy groups -OCH3 is 1. The highest BCUT2D eigenvalue weighted by molar-refractivity contribution is 6.01. The second-order valence-electron chi connectivity index (χ2n) is 11.4. The molecule has 8 heteroatoms. The van der Waals surface area contributed by atoms with Crippen LogP contribution in [0.3, 0.4) is 0 Å². The van der Waals surface area contributed by atoms with Crippen molar-refractivity contribution < 1.29 is 19.1 Å². The second-order valence-corrected chi connectivity index (χ2v) is 11.4. The van der Waals surface area contributed by atoms with Gasteiger partial charge in [-0.1, -0.05) is 39.0 Å². The van der Waals surface area contributed by atoms with Crippen LogP contribution < -0.4 is 15.8 Å². The van der Waals surface area contributed by atoms with Crippen LogP contribution in [-0.2, 0) is 10.2 Å². The molecule has 1 aliphatic carbocycles. The maximum atomic E-state index is 13.8. The van der Waals surface area contributed by atoms with Crippen molar-refractivity contribution in [3.05, 3.63) is 65.2 Å². The summed E-state index contributed by atoms with van der Waals surface area (Å²) in [6.45, 7) is 7.12. The maximum Gasteiger partial charge on any atom is 0.264 e. The summed E-state index contributed by atoms with van der Waals surface area (Å²) >= 11 is 0. The zero-order valence-electron chi connectivity index (χ0n) is 22.9. The van der Waals surface area contributed by atoms with Crippen molar-refractivity contribution in [1.82, 2.24) is 15.1 Å². The van der Waals surface area contributed by atoms with Gasteiger partial charge in [0.1, 0.15) is 5.75 Å². The van der Waals surface area contributed by atoms with E-state index in [4.69, 9.17) is 10.5 Å². The minimum Gasteiger partial charge on any atom is -0.497 e. The van der Waals surface area contributed by atoms with Crippen molar-refractivity contribution in [3.8, 4) is 5.75 Å². The average Bonchev–Trinajstić information content (AvgIpc) is 2.92. The fraction of sp³-hybridized carbons (Fsp3) is 0.500. The Morgan fingerprint density at radius 1 is 0.895 bits per heavy atom. The van der Waals surface area contributed by atoms with Crippen molar-refractivity contribution in [2.75, 3.05) is 20.2 Å². The summed E-state index contributed by atoms with van der Waals surface area (Å²) in [5.74, 6) is -0.352. The van der Waals surface area contributed by atoms with Gasteiger partial charge in [-0.05, 0) is 73.4 Å². The molecular weight excluding hydrogens is 480 g/mol. The predicted molar refractivity (Wildman–Crippen MR) is 147 cm³/mol. The molecule has 3 N–H and O–H groups in total. The lowest BCUT2D eigenvalue weighted by Crippen LogP contribution is -2.64. The molecule has 1 heterocycles. The third kappa shape index (κ3) is 6.18. The predicted octanol–water partition coefficient (Wildman–Crippen LogP) is 3.69. The van der Waals surface area contributed by atoms with Crippen LogP contribution in [0.15, 0.2) is 48.5 Å². The Balaban J connectivity index is 1.64. The van der Waals surface area contributed by atoms with Gasteiger partial charge in [0, 0.05) is 36.3 Å². The van der Waals surface area contributed by atoms with Gasteiger partial charge in [-0.15, -0.1) is 0 Å². The number of hydrogen-bond donors (Lipinski definition) is 2. The molecule has 204 valence electrons. The molecular formula is C30H40N4O4. The molecule has 2 fully saturated rings. The molecule has 2 aliphatic rings. The monoisotopic (exact) mass is 520 g/mol. The first-order valence-corrected chi connectivity index (χ1v) is 13.5. The van der Waals surface area contributed by atoms with Gasteiger partial charge in [-0.25, -0.2) is 0 Å². The minimum atomic E-state index is -1.05. The number of rotatable bonds is 5. The highest BCUT2D eigenvalue weighted by Gasteiger charge is 2.41. The molecule has 3 amide bonds. The molecule has 2 aromatic rings. The Morgan fingerprint density at radius 3 is 2.08 bits per heavy atom. The number of amides is 3. The van der Waals surface area contributed by atoms with E-state index in [9.17, 15) is 14.4 Å². The quantitative estimate of drug-likeness (QED) is 0.626. The third-order valence-corrected chi connectivity index (χ3v) is 7.58. The highest BCUT2D eigenvalue weighted by Crippen LogP contribution is 2.26. The molecule has 1 aliphatic heterocycles. The van der Waals surface area contributed by atoms with Crippen molar-refractivity contribution in [1.29, 1.82) is 0 Å². The highest BCUT2D eigenvalue weighted by atomic mass is 16.5. The van der Waals surface area contributed by atoms with E-state index in [1.807, 2.05) is 24.3 Å². The summed E-state index contributed by atoms with van der Waals surface area (Å²) in [5, 5.41) is 3.13. The molecule has 1 atom stereocenters. The summed E-state index contributed by atoms with van der Waals surface area (Å²) in [6, 6.07) is 14.5. The van der Waals surface area contributed by atoms with Crippen molar-refractivity contribution in [3.63, 3.8) is 0 Å². The van der Waals surface area contributed by atoms with Crippen molar-refractivity contribution in [2.24, 2.45) is 5.73 Å². The number of nitrogens with two attached hydrogens (primary N) is 1. The first-order chi connectivity index (χ1) is 18.1. The first kappa shape index (κ1) is 27.6. The topological polar surface area (TPSA) is 105 Å². The van der Waals surface area contributed by atoms with E-state index in [1.54, 1.807) is 31.4 Å². The average molecular weight is 521 g/mol. The molecule has 2 aromatic carbocycles. The molecule has 0 spiro atoms. The standard InChI is InChI=1S/C30H40N4O4/c1-30(2,3)22-11-9-20(10-12-22)28(36)33-17-6-18-34(29(37)21-7-5-8-25(19-21)38-4)27(33)26(35)32-24-15-13-23(31)14-16-24/h5,7-12,19,23-24,27H,6,13-18,31H2,1-4H3,(H,32,35). The number of nitrogens with one attached hydrogen (secondary N) is 1. The van der Waals surface area contributed by atoms with Gasteiger partial charge in [0.15, 0.2) is 6.17 Å². The van der Waals surface area contributed by atoms with E-state index >= 15 is 0 Å². The van der Waals surface area contributed by atoms with E-state index in [-0.39, 0.29) is 35.2 Å². The van der Waals surface area contributed by atoms with Gasteiger partial charge in [-0.2, -0.15) is 0 Å². The van der Waals surface area contributed by atoms with E-state index in [0.717, 1.165) is 31.2 Å². The zero-order chi connectivity index (χ0) is 27.4. The molecule has 8 nitrogen and oxygen atoms in total. The summed E-state index contributed by atoms with van der Waals surface area (Å²) in [7, 11) is 1.54. The second kappa shape index (κ2) is 11.6. The van der Waals surface area contributed by atoms with Crippen LogP contribution in [0.1, 0.15) is 79.2 Å². The van der Waals surface area contributed by atoms with Crippen molar-refractivity contribution >= 4 is 17.7 Å². The summed E-state index contributed by atoms with van der Waals surface area (Å²) < 4.78 is 5.30. The van der Waals surface area contributed by atoms with Gasteiger partial charge >= 0.3 is 0 Å². The summed E-state index contributed by atoms with van der Waals surface area (Å²) in [5.41, 5.74) is 8.04. The molecule has 0 bridgehead atoms. The maximum absolute atomic E-state index is 13.8. The third-order valence-electron chi connectivity index (χ3n) is 7.58. The lowest BCUT2D eigenvalue weighted by Gasteiger charge is -2.43. The van der Waals surface area contributed by atoms with Crippen LogP contribution in [0.4, 0.5) is 0 Å². The van der Waals surface area contributed by atoms with Crippen LogP contribution >= 0.6 is 0 Å². The Morgan fingerprint density at radius 2 is 1.50 bits per heavy atom. The van der Waals surface area contributed by atoms with Gasteiger partial charge in [0.25, 0.3) is 17.7 Å². The van der Waals surface area contributed by atoms with E-state index in [0.29, 0.717) is 36.4 Å². The number of carbonyl (C=O) groups excluding carboxylic acids is 3. The summed E-state index contributed by atoms with van der Waals surface area (Å²) in [4.78, 5) is 44.4. The zero-order valence-corrected chi connectivity index (χ0v) is 22.9. The number of hydrogen-bond acceptors (Lipinski definition) is 5. The Hall–Kier alpha value is -3.39. The van der Waals surface area contributed by atoms with Crippen molar-refractivity contribution in [2.45, 2.75) is 76.5 Å². The molecule has 38 heavy (non-hydrogen) atoms. The van der Waals surface area contributed by atoms with E-state index < -0.39 is 6.17 Å². The Labute approximate surface area is 225 Å². The fourth-order valence-electron chi connectivity index (χ4n) is 5.27. The lowest BCUT2D eigenvalue weighted by molar-refractivity contribution is -0.133. The Kier molecular flexibility index (Phi) is 8.41. The van der Waals surface area contributed by atoms with Crippen LogP contribution in [0.25, 0.3) is 0 Å².